The second kappa shape index (κ2) is 4.14. The van der Waals surface area contributed by atoms with Gasteiger partial charge in [0, 0.05) is 0 Å². The van der Waals surface area contributed by atoms with Gasteiger partial charge in [0.25, 0.3) is 0 Å². The van der Waals surface area contributed by atoms with Crippen molar-refractivity contribution in [2.24, 2.45) is 16.6 Å². The highest BCUT2D eigenvalue weighted by Gasteiger charge is 2.32. The number of hydrogen-bond donors (Lipinski definition) is 1. The first kappa shape index (κ1) is 10.6. The van der Waals surface area contributed by atoms with E-state index in [1.165, 1.54) is 4.90 Å². The maximum atomic E-state index is 11.3. The Morgan fingerprint density at radius 1 is 1.71 bits per heavy atom. The highest BCUT2D eigenvalue weighted by atomic mass is 16.2. The van der Waals surface area contributed by atoms with E-state index >= 15 is 0 Å². The molecule has 0 aromatic carbocycles. The van der Waals surface area contributed by atoms with E-state index in [1.807, 2.05) is 0 Å². The molecule has 2 N–H and O–H groups in total. The van der Waals surface area contributed by atoms with Gasteiger partial charge in [0.15, 0.2) is 0 Å². The van der Waals surface area contributed by atoms with Gasteiger partial charge in [-0.05, 0) is 12.3 Å². The van der Waals surface area contributed by atoms with Crippen LogP contribution in [-0.4, -0.2) is 29.4 Å². The molecule has 0 spiro atoms. The number of carbonyl (C=O) groups is 1. The van der Waals surface area contributed by atoms with Gasteiger partial charge in [0.05, 0.1) is 12.6 Å². The molecule has 4 nitrogen and oxygen atoms in total. The van der Waals surface area contributed by atoms with Crippen LogP contribution < -0.4 is 5.73 Å². The second-order valence-electron chi connectivity index (χ2n) is 3.80. The van der Waals surface area contributed by atoms with Crippen molar-refractivity contribution in [1.82, 2.24) is 4.90 Å². The van der Waals surface area contributed by atoms with Gasteiger partial charge in [-0.1, -0.05) is 19.8 Å². The molecule has 1 unspecified atom stereocenters. The SMILES string of the molecule is C#CCN1C(=O)N=C(N)C1CC(C)C. The first-order valence-corrected chi connectivity index (χ1v) is 4.64. The minimum atomic E-state index is -0.314. The molecule has 0 aliphatic carbocycles. The molecular weight excluding hydrogens is 178 g/mol. The Morgan fingerprint density at radius 3 is 2.86 bits per heavy atom. The van der Waals surface area contributed by atoms with Crippen molar-refractivity contribution in [1.29, 1.82) is 0 Å². The molecule has 1 atom stereocenters. The van der Waals surface area contributed by atoms with Crippen molar-refractivity contribution < 1.29 is 4.79 Å². The lowest BCUT2D eigenvalue weighted by atomic mass is 10.0. The Hall–Kier alpha value is -1.50. The van der Waals surface area contributed by atoms with Gasteiger partial charge in [-0.25, -0.2) is 4.79 Å². The summed E-state index contributed by atoms with van der Waals surface area (Å²) in [4.78, 5) is 16.6. The molecule has 14 heavy (non-hydrogen) atoms. The van der Waals surface area contributed by atoms with E-state index in [2.05, 4.69) is 24.8 Å². The summed E-state index contributed by atoms with van der Waals surface area (Å²) in [6.45, 7) is 4.43. The van der Waals surface area contributed by atoms with Gasteiger partial charge < -0.3 is 10.6 Å². The van der Waals surface area contributed by atoms with E-state index in [4.69, 9.17) is 12.2 Å². The Morgan fingerprint density at radius 2 is 2.36 bits per heavy atom. The zero-order valence-corrected chi connectivity index (χ0v) is 8.53. The third kappa shape index (κ3) is 2.05. The van der Waals surface area contributed by atoms with Gasteiger partial charge in [0.1, 0.15) is 5.84 Å². The fraction of sp³-hybridized carbons (Fsp3) is 0.600. The summed E-state index contributed by atoms with van der Waals surface area (Å²) >= 11 is 0. The van der Waals surface area contributed by atoms with Crippen LogP contribution in [-0.2, 0) is 0 Å². The van der Waals surface area contributed by atoms with Gasteiger partial charge in [-0.3, -0.25) is 0 Å². The summed E-state index contributed by atoms with van der Waals surface area (Å²) in [5.41, 5.74) is 5.66. The van der Waals surface area contributed by atoms with Crippen LogP contribution in [0.3, 0.4) is 0 Å². The molecular formula is C10H15N3O. The fourth-order valence-corrected chi connectivity index (χ4v) is 1.51. The highest BCUT2D eigenvalue weighted by Crippen LogP contribution is 2.17. The molecule has 1 aliphatic heterocycles. The lowest BCUT2D eigenvalue weighted by Gasteiger charge is -2.23. The van der Waals surface area contributed by atoms with E-state index in [0.29, 0.717) is 11.8 Å². The number of rotatable bonds is 3. The molecule has 1 rings (SSSR count). The van der Waals surface area contributed by atoms with E-state index < -0.39 is 0 Å². The van der Waals surface area contributed by atoms with E-state index in [0.717, 1.165) is 6.42 Å². The summed E-state index contributed by atoms with van der Waals surface area (Å²) in [6, 6.07) is -0.426. The summed E-state index contributed by atoms with van der Waals surface area (Å²) in [5.74, 6) is 3.29. The molecule has 0 radical (unpaired) electrons. The van der Waals surface area contributed by atoms with Crippen molar-refractivity contribution in [3.63, 3.8) is 0 Å². The Kier molecular flexibility index (Phi) is 3.13. The van der Waals surface area contributed by atoms with Crippen molar-refractivity contribution >= 4 is 11.9 Å². The van der Waals surface area contributed by atoms with E-state index in [1.54, 1.807) is 0 Å². The summed E-state index contributed by atoms with van der Waals surface area (Å²) in [5, 5.41) is 0. The van der Waals surface area contributed by atoms with E-state index in [-0.39, 0.29) is 18.6 Å². The summed E-state index contributed by atoms with van der Waals surface area (Å²) in [7, 11) is 0. The van der Waals surface area contributed by atoms with Crippen molar-refractivity contribution in [2.45, 2.75) is 26.3 Å². The number of nitrogens with zero attached hydrogens (tertiary/aromatic N) is 2. The maximum Gasteiger partial charge on any atom is 0.346 e. The van der Waals surface area contributed by atoms with Gasteiger partial charge in [-0.2, -0.15) is 4.99 Å². The smallest absolute Gasteiger partial charge is 0.346 e. The van der Waals surface area contributed by atoms with Crippen molar-refractivity contribution in [2.75, 3.05) is 6.54 Å². The average molecular weight is 193 g/mol. The lowest BCUT2D eigenvalue weighted by Crippen LogP contribution is -2.41. The van der Waals surface area contributed by atoms with Crippen LogP contribution >= 0.6 is 0 Å². The maximum absolute atomic E-state index is 11.3. The molecule has 0 bridgehead atoms. The molecule has 76 valence electrons. The van der Waals surface area contributed by atoms with Crippen molar-refractivity contribution in [3.05, 3.63) is 0 Å². The van der Waals surface area contributed by atoms with Crippen LogP contribution in [0.5, 0.6) is 0 Å². The van der Waals surface area contributed by atoms with Gasteiger partial charge in [-0.15, -0.1) is 6.42 Å². The molecule has 0 saturated carbocycles. The summed E-state index contributed by atoms with van der Waals surface area (Å²) < 4.78 is 0. The number of urea groups is 1. The Bertz CT molecular complexity index is 301. The number of carbonyl (C=O) groups excluding carboxylic acids is 1. The summed E-state index contributed by atoms with van der Waals surface area (Å²) in [6.07, 6.45) is 5.98. The van der Waals surface area contributed by atoms with Crippen LogP contribution in [0.4, 0.5) is 4.79 Å². The van der Waals surface area contributed by atoms with Crippen LogP contribution in [0, 0.1) is 18.3 Å². The molecule has 0 aromatic heterocycles. The molecule has 1 aliphatic rings. The standard InChI is InChI=1S/C10H15N3O/c1-4-5-13-8(6-7(2)3)9(11)12-10(13)14/h1,7-8H,5-6H2,2-3H3,(H2,11,12,14). The number of nitrogens with two attached hydrogens (primary N) is 1. The Labute approximate surface area is 84.2 Å². The third-order valence-electron chi connectivity index (χ3n) is 2.14. The zero-order valence-electron chi connectivity index (χ0n) is 8.53. The first-order chi connectivity index (χ1) is 6.56. The van der Waals surface area contributed by atoms with Crippen LogP contribution in [0.25, 0.3) is 0 Å². The molecule has 4 heteroatoms. The van der Waals surface area contributed by atoms with Crippen LogP contribution in [0.15, 0.2) is 4.99 Å². The van der Waals surface area contributed by atoms with Crippen LogP contribution in [0.2, 0.25) is 0 Å². The predicted octanol–water partition coefficient (Wildman–Crippen LogP) is 0.827. The van der Waals surface area contributed by atoms with Crippen LogP contribution in [0.1, 0.15) is 20.3 Å². The first-order valence-electron chi connectivity index (χ1n) is 4.64. The van der Waals surface area contributed by atoms with Gasteiger partial charge in [0.2, 0.25) is 0 Å². The molecule has 2 amide bonds. The normalized spacial score (nSPS) is 21.3. The van der Waals surface area contributed by atoms with Crippen molar-refractivity contribution in [3.8, 4) is 12.3 Å². The fourth-order valence-electron chi connectivity index (χ4n) is 1.51. The zero-order chi connectivity index (χ0) is 10.7. The minimum absolute atomic E-state index is 0.112. The quantitative estimate of drug-likeness (QED) is 0.675. The van der Waals surface area contributed by atoms with E-state index in [9.17, 15) is 4.79 Å². The largest absolute Gasteiger partial charge is 0.385 e. The number of aliphatic imine (C=N–C) groups is 1. The number of hydrogen-bond acceptors (Lipinski definition) is 2. The lowest BCUT2D eigenvalue weighted by molar-refractivity contribution is 0.208. The minimum Gasteiger partial charge on any atom is -0.385 e. The molecule has 0 aromatic rings. The number of terminal acetylenes is 1. The topological polar surface area (TPSA) is 58.7 Å². The molecule has 0 saturated heterocycles. The van der Waals surface area contributed by atoms with Gasteiger partial charge >= 0.3 is 6.03 Å². The molecule has 0 fully saturated rings. The third-order valence-corrected chi connectivity index (χ3v) is 2.14. The highest BCUT2D eigenvalue weighted by molar-refractivity contribution is 6.02. The Balaban J connectivity index is 2.75. The average Bonchev–Trinajstić information content (AvgIpc) is 2.31. The monoisotopic (exact) mass is 193 g/mol. The predicted molar refractivity (Wildman–Crippen MR) is 55.8 cm³/mol. The molecule has 1 heterocycles. The number of amidine groups is 1. The number of amides is 2. The second-order valence-corrected chi connectivity index (χ2v) is 3.80.